The first-order valence-electron chi connectivity index (χ1n) is 12.4. The van der Waals surface area contributed by atoms with Gasteiger partial charge in [0.2, 0.25) is 0 Å². The summed E-state index contributed by atoms with van der Waals surface area (Å²) in [7, 11) is 2.73. The average molecular weight is 481 g/mol. The van der Waals surface area contributed by atoms with Gasteiger partial charge in [-0.05, 0) is 37.3 Å². The summed E-state index contributed by atoms with van der Waals surface area (Å²) < 4.78 is 22.6. The minimum absolute atomic E-state index is 0.416. The molecule has 6 heteroatoms. The van der Waals surface area contributed by atoms with Gasteiger partial charge in [0.25, 0.3) is 0 Å². The molecule has 0 spiro atoms. The minimum atomic E-state index is -0.736. The second-order valence-electron chi connectivity index (χ2n) is 8.62. The lowest BCUT2D eigenvalue weighted by Crippen LogP contribution is -2.28. The zero-order valence-corrected chi connectivity index (χ0v) is 21.4. The number of methoxy groups -OCH3 is 2. The first kappa shape index (κ1) is 26.3. The Kier molecular flexibility index (Phi) is 9.35. The van der Waals surface area contributed by atoms with E-state index in [1.54, 1.807) is 0 Å². The fourth-order valence-electron chi connectivity index (χ4n) is 4.28. The van der Waals surface area contributed by atoms with Crippen molar-refractivity contribution >= 4 is 33.5 Å². The molecule has 3 aromatic rings. The fraction of sp³-hybridized carbons (Fsp3) is 0.448. The van der Waals surface area contributed by atoms with Gasteiger partial charge in [0.05, 0.1) is 14.2 Å². The maximum absolute atomic E-state index is 12.4. The van der Waals surface area contributed by atoms with E-state index >= 15 is 0 Å². The van der Waals surface area contributed by atoms with Crippen LogP contribution in [0.5, 0.6) is 11.5 Å². The molecule has 0 bridgehead atoms. The van der Waals surface area contributed by atoms with Crippen LogP contribution in [0.15, 0.2) is 42.5 Å². The van der Waals surface area contributed by atoms with Gasteiger partial charge in [-0.15, -0.1) is 0 Å². The quantitative estimate of drug-likeness (QED) is 0.170. The molecule has 0 amide bonds. The lowest BCUT2D eigenvalue weighted by Gasteiger charge is -2.23. The lowest BCUT2D eigenvalue weighted by molar-refractivity contribution is -0.149. The van der Waals surface area contributed by atoms with E-state index in [1.807, 2.05) is 44.2 Å². The second-order valence-corrected chi connectivity index (χ2v) is 8.62. The van der Waals surface area contributed by atoms with Gasteiger partial charge in [0, 0.05) is 21.5 Å². The standard InChI is InChI=1S/C29H36O6/c1-6-9-10-13-19-16-17-22-23(18-19)27(35-25(8-3)29(31)33-5)21-15-12-11-14-20(21)26(22)34-24(7-2)28(30)32-4/h11-12,14-18,24-25H,6-10,13H2,1-5H3. The molecule has 0 heterocycles. The number of esters is 2. The highest BCUT2D eigenvalue weighted by molar-refractivity contribution is 6.11. The number of aryl methyl sites for hydroxylation is 1. The van der Waals surface area contributed by atoms with Gasteiger partial charge in [0.15, 0.2) is 12.2 Å². The van der Waals surface area contributed by atoms with E-state index in [9.17, 15) is 9.59 Å². The molecule has 0 aliphatic carbocycles. The maximum atomic E-state index is 12.4. The molecule has 2 atom stereocenters. The van der Waals surface area contributed by atoms with Crippen molar-refractivity contribution in [2.75, 3.05) is 14.2 Å². The number of unbranched alkanes of at least 4 members (excludes halogenated alkanes) is 2. The number of hydrogen-bond donors (Lipinski definition) is 0. The van der Waals surface area contributed by atoms with Crippen molar-refractivity contribution in [1.82, 2.24) is 0 Å². The Balaban J connectivity index is 2.27. The number of fused-ring (bicyclic) bond motifs is 2. The molecule has 0 N–H and O–H groups in total. The molecular formula is C29H36O6. The van der Waals surface area contributed by atoms with Crippen molar-refractivity contribution in [1.29, 1.82) is 0 Å². The summed E-state index contributed by atoms with van der Waals surface area (Å²) in [5.41, 5.74) is 1.18. The van der Waals surface area contributed by atoms with Crippen molar-refractivity contribution in [3.63, 3.8) is 0 Å². The maximum Gasteiger partial charge on any atom is 0.347 e. The van der Waals surface area contributed by atoms with Gasteiger partial charge >= 0.3 is 11.9 Å². The lowest BCUT2D eigenvalue weighted by atomic mass is 9.97. The third kappa shape index (κ3) is 5.87. The van der Waals surface area contributed by atoms with Gasteiger partial charge in [-0.2, -0.15) is 0 Å². The molecule has 0 aliphatic rings. The van der Waals surface area contributed by atoms with Gasteiger partial charge < -0.3 is 18.9 Å². The first-order valence-corrected chi connectivity index (χ1v) is 12.4. The molecular weight excluding hydrogens is 444 g/mol. The van der Waals surface area contributed by atoms with Crippen LogP contribution in [0.1, 0.15) is 58.4 Å². The van der Waals surface area contributed by atoms with Gasteiger partial charge in [-0.1, -0.05) is 70.0 Å². The van der Waals surface area contributed by atoms with Crippen LogP contribution in [0.4, 0.5) is 0 Å². The molecule has 3 aromatic carbocycles. The second kappa shape index (κ2) is 12.4. The zero-order valence-electron chi connectivity index (χ0n) is 21.4. The summed E-state index contributed by atoms with van der Waals surface area (Å²) in [5, 5.41) is 3.27. The van der Waals surface area contributed by atoms with Crippen LogP contribution in [0.25, 0.3) is 21.5 Å². The van der Waals surface area contributed by atoms with Crippen LogP contribution in [0, 0.1) is 0 Å². The zero-order chi connectivity index (χ0) is 25.4. The highest BCUT2D eigenvalue weighted by atomic mass is 16.6. The third-order valence-electron chi connectivity index (χ3n) is 6.25. The molecule has 0 fully saturated rings. The Morgan fingerprint density at radius 1 is 0.714 bits per heavy atom. The van der Waals surface area contributed by atoms with E-state index in [1.165, 1.54) is 19.8 Å². The summed E-state index contributed by atoms with van der Waals surface area (Å²) in [5.74, 6) is 0.383. The van der Waals surface area contributed by atoms with Crippen molar-refractivity contribution in [2.45, 2.75) is 71.5 Å². The fourth-order valence-corrected chi connectivity index (χ4v) is 4.28. The highest BCUT2D eigenvalue weighted by Crippen LogP contribution is 2.44. The van der Waals surface area contributed by atoms with Crippen molar-refractivity contribution < 1.29 is 28.5 Å². The summed E-state index contributed by atoms with van der Waals surface area (Å²) in [6.07, 6.45) is 3.81. The molecule has 2 unspecified atom stereocenters. The largest absolute Gasteiger partial charge is 0.477 e. The Labute approximate surface area is 207 Å². The number of rotatable bonds is 12. The molecule has 188 valence electrons. The molecule has 0 saturated carbocycles. The van der Waals surface area contributed by atoms with Gasteiger partial charge in [-0.3, -0.25) is 0 Å². The van der Waals surface area contributed by atoms with Crippen molar-refractivity contribution in [3.05, 3.63) is 48.0 Å². The predicted molar refractivity (Wildman–Crippen MR) is 138 cm³/mol. The summed E-state index contributed by atoms with van der Waals surface area (Å²) in [4.78, 5) is 24.8. The number of benzene rings is 3. The topological polar surface area (TPSA) is 71.1 Å². The van der Waals surface area contributed by atoms with Crippen LogP contribution in [-0.4, -0.2) is 38.4 Å². The van der Waals surface area contributed by atoms with E-state index < -0.39 is 24.1 Å². The van der Waals surface area contributed by atoms with E-state index in [-0.39, 0.29) is 0 Å². The van der Waals surface area contributed by atoms with E-state index in [4.69, 9.17) is 18.9 Å². The molecule has 0 aliphatic heterocycles. The molecule has 3 rings (SSSR count). The Bertz CT molecular complexity index is 1170. The molecule has 0 radical (unpaired) electrons. The highest BCUT2D eigenvalue weighted by Gasteiger charge is 2.26. The van der Waals surface area contributed by atoms with Crippen molar-refractivity contribution in [3.8, 4) is 11.5 Å². The number of carbonyl (C=O) groups is 2. The van der Waals surface area contributed by atoms with E-state index in [0.717, 1.165) is 47.2 Å². The van der Waals surface area contributed by atoms with E-state index in [0.29, 0.717) is 24.3 Å². The molecule has 0 aromatic heterocycles. The monoisotopic (exact) mass is 480 g/mol. The summed E-state index contributed by atoms with van der Waals surface area (Å²) >= 11 is 0. The smallest absolute Gasteiger partial charge is 0.347 e. The number of carbonyl (C=O) groups excluding carboxylic acids is 2. The molecule has 0 saturated heterocycles. The normalized spacial score (nSPS) is 12.8. The van der Waals surface area contributed by atoms with Crippen molar-refractivity contribution in [2.24, 2.45) is 0 Å². The minimum Gasteiger partial charge on any atom is -0.477 e. The van der Waals surface area contributed by atoms with E-state index in [2.05, 4.69) is 19.1 Å². The van der Waals surface area contributed by atoms with Crippen LogP contribution in [0.2, 0.25) is 0 Å². The number of ether oxygens (including phenoxy) is 4. The summed E-state index contributed by atoms with van der Waals surface area (Å²) in [6, 6.07) is 14.0. The predicted octanol–water partition coefficient (Wildman–Crippen LogP) is 6.39. The van der Waals surface area contributed by atoms with Crippen LogP contribution in [0.3, 0.4) is 0 Å². The van der Waals surface area contributed by atoms with Crippen LogP contribution in [-0.2, 0) is 25.5 Å². The SMILES string of the molecule is CCCCCc1ccc2c(OC(CC)C(=O)OC)c3ccccc3c(OC(CC)C(=O)OC)c2c1. The molecule has 6 nitrogen and oxygen atoms in total. The third-order valence-corrected chi connectivity index (χ3v) is 6.25. The van der Waals surface area contributed by atoms with Crippen LogP contribution >= 0.6 is 0 Å². The Morgan fingerprint density at radius 3 is 1.71 bits per heavy atom. The number of hydrogen-bond acceptors (Lipinski definition) is 6. The van der Waals surface area contributed by atoms with Gasteiger partial charge in [-0.25, -0.2) is 9.59 Å². The Morgan fingerprint density at radius 2 is 1.23 bits per heavy atom. The van der Waals surface area contributed by atoms with Gasteiger partial charge in [0.1, 0.15) is 11.5 Å². The Hall–Kier alpha value is -3.28. The summed E-state index contributed by atoms with van der Waals surface area (Å²) in [6.45, 7) is 5.96. The van der Waals surface area contributed by atoms with Crippen LogP contribution < -0.4 is 9.47 Å². The average Bonchev–Trinajstić information content (AvgIpc) is 2.90. The molecule has 35 heavy (non-hydrogen) atoms. The first-order chi connectivity index (χ1) is 17.0.